The highest BCUT2D eigenvalue weighted by atomic mass is 32.2. The number of para-hydroxylation sites is 2. The Kier molecular flexibility index (Phi) is 3.50. The van der Waals surface area contributed by atoms with Crippen molar-refractivity contribution in [1.29, 1.82) is 0 Å². The van der Waals surface area contributed by atoms with E-state index in [-0.39, 0.29) is 11.3 Å². The highest BCUT2D eigenvalue weighted by Gasteiger charge is 2.42. The van der Waals surface area contributed by atoms with E-state index in [1.807, 2.05) is 24.3 Å². The highest BCUT2D eigenvalue weighted by Crippen LogP contribution is 2.33. The lowest BCUT2D eigenvalue weighted by atomic mass is 10.3. The Morgan fingerprint density at radius 2 is 1.91 bits per heavy atom. The summed E-state index contributed by atoms with van der Waals surface area (Å²) in [5, 5.41) is -0.151. The van der Waals surface area contributed by atoms with Gasteiger partial charge in [-0.25, -0.2) is 13.4 Å². The molecule has 0 amide bonds. The SMILES string of the molecule is CN(C1CCN(c2cnc3ccccc3n2)C1)S(=O)(=O)C1CC1. The number of hydrogen-bond donors (Lipinski definition) is 0. The van der Waals surface area contributed by atoms with Gasteiger partial charge in [-0.1, -0.05) is 12.1 Å². The summed E-state index contributed by atoms with van der Waals surface area (Å²) in [6.07, 6.45) is 4.22. The molecular weight excluding hydrogens is 312 g/mol. The molecule has 2 aromatic rings. The molecule has 0 spiro atoms. The Balaban J connectivity index is 1.53. The Bertz CT molecular complexity index is 835. The monoisotopic (exact) mass is 332 g/mol. The average Bonchev–Trinajstić information content (AvgIpc) is 3.32. The van der Waals surface area contributed by atoms with Gasteiger partial charge < -0.3 is 4.90 Å². The number of rotatable bonds is 4. The first kappa shape index (κ1) is 14.8. The van der Waals surface area contributed by atoms with Gasteiger partial charge in [0.15, 0.2) is 0 Å². The van der Waals surface area contributed by atoms with Gasteiger partial charge in [0.25, 0.3) is 0 Å². The summed E-state index contributed by atoms with van der Waals surface area (Å²) in [7, 11) is -1.40. The average molecular weight is 332 g/mol. The maximum absolute atomic E-state index is 12.4. The van der Waals surface area contributed by atoms with Crippen molar-refractivity contribution in [3.63, 3.8) is 0 Å². The fourth-order valence-corrected chi connectivity index (χ4v) is 4.95. The normalized spacial score (nSPS) is 22.2. The molecule has 1 saturated heterocycles. The zero-order chi connectivity index (χ0) is 16.0. The van der Waals surface area contributed by atoms with Gasteiger partial charge in [-0.15, -0.1) is 0 Å². The first-order valence-corrected chi connectivity index (χ1v) is 9.49. The molecule has 2 aliphatic rings. The van der Waals surface area contributed by atoms with Crippen molar-refractivity contribution in [2.75, 3.05) is 25.0 Å². The molecule has 1 aliphatic carbocycles. The Labute approximate surface area is 136 Å². The molecule has 23 heavy (non-hydrogen) atoms. The van der Waals surface area contributed by atoms with Crippen molar-refractivity contribution in [2.24, 2.45) is 0 Å². The van der Waals surface area contributed by atoms with E-state index < -0.39 is 10.0 Å². The number of sulfonamides is 1. The van der Waals surface area contributed by atoms with Crippen molar-refractivity contribution < 1.29 is 8.42 Å². The fourth-order valence-electron chi connectivity index (χ4n) is 3.16. The van der Waals surface area contributed by atoms with Crippen molar-refractivity contribution in [2.45, 2.75) is 30.6 Å². The maximum Gasteiger partial charge on any atom is 0.217 e. The van der Waals surface area contributed by atoms with Crippen LogP contribution in [-0.4, -0.2) is 54.1 Å². The zero-order valence-electron chi connectivity index (χ0n) is 13.1. The van der Waals surface area contributed by atoms with E-state index in [1.54, 1.807) is 17.5 Å². The van der Waals surface area contributed by atoms with E-state index in [2.05, 4.69) is 14.9 Å². The number of aromatic nitrogens is 2. The van der Waals surface area contributed by atoms with Crippen molar-refractivity contribution in [3.8, 4) is 0 Å². The van der Waals surface area contributed by atoms with Crippen LogP contribution in [0.15, 0.2) is 30.5 Å². The molecule has 1 aliphatic heterocycles. The molecule has 1 aromatic carbocycles. The second-order valence-corrected chi connectivity index (χ2v) is 8.64. The van der Waals surface area contributed by atoms with Crippen LogP contribution in [0, 0.1) is 0 Å². The van der Waals surface area contributed by atoms with E-state index in [4.69, 9.17) is 0 Å². The van der Waals surface area contributed by atoms with E-state index in [0.29, 0.717) is 6.54 Å². The standard InChI is InChI=1S/C16H20N4O2S/c1-19(23(21,22)13-6-7-13)12-8-9-20(11-12)16-10-17-14-4-2-3-5-15(14)18-16/h2-5,10,12-13H,6-9,11H2,1H3. The van der Waals surface area contributed by atoms with Gasteiger partial charge in [0.05, 0.1) is 22.5 Å². The topological polar surface area (TPSA) is 66.4 Å². The van der Waals surface area contributed by atoms with Crippen LogP contribution in [0.1, 0.15) is 19.3 Å². The third-order valence-electron chi connectivity index (χ3n) is 4.78. The minimum Gasteiger partial charge on any atom is -0.354 e. The molecule has 0 N–H and O–H groups in total. The lowest BCUT2D eigenvalue weighted by Crippen LogP contribution is -2.40. The van der Waals surface area contributed by atoms with Crippen molar-refractivity contribution in [3.05, 3.63) is 30.5 Å². The second-order valence-electron chi connectivity index (χ2n) is 6.37. The predicted molar refractivity (Wildman–Crippen MR) is 89.9 cm³/mol. The van der Waals surface area contributed by atoms with E-state index in [0.717, 1.165) is 42.7 Å². The first-order valence-electron chi connectivity index (χ1n) is 7.99. The molecule has 1 aromatic heterocycles. The summed E-state index contributed by atoms with van der Waals surface area (Å²) >= 11 is 0. The van der Waals surface area contributed by atoms with Gasteiger partial charge in [0, 0.05) is 26.2 Å². The van der Waals surface area contributed by atoms with E-state index in [9.17, 15) is 8.42 Å². The maximum atomic E-state index is 12.4. The van der Waals surface area contributed by atoms with E-state index in [1.165, 1.54) is 0 Å². The number of fused-ring (bicyclic) bond motifs is 1. The van der Waals surface area contributed by atoms with Gasteiger partial charge in [0.2, 0.25) is 10.0 Å². The fraction of sp³-hybridized carbons (Fsp3) is 0.500. The summed E-state index contributed by atoms with van der Waals surface area (Å²) < 4.78 is 26.3. The molecule has 2 heterocycles. The minimum atomic E-state index is -3.12. The summed E-state index contributed by atoms with van der Waals surface area (Å²) in [5.41, 5.74) is 1.74. The molecule has 6 nitrogen and oxygen atoms in total. The van der Waals surface area contributed by atoms with Crippen molar-refractivity contribution in [1.82, 2.24) is 14.3 Å². The quantitative estimate of drug-likeness (QED) is 0.851. The Morgan fingerprint density at radius 3 is 2.65 bits per heavy atom. The molecule has 4 rings (SSSR count). The minimum absolute atomic E-state index is 0.0221. The number of benzene rings is 1. The molecule has 0 bridgehead atoms. The van der Waals surface area contributed by atoms with Gasteiger partial charge in [-0.3, -0.25) is 4.98 Å². The molecule has 1 saturated carbocycles. The highest BCUT2D eigenvalue weighted by molar-refractivity contribution is 7.90. The molecule has 2 fully saturated rings. The summed E-state index contributed by atoms with van der Waals surface area (Å²) in [6.45, 7) is 1.48. The van der Waals surface area contributed by atoms with Gasteiger partial charge in [-0.2, -0.15) is 4.31 Å². The van der Waals surface area contributed by atoms with Crippen LogP contribution < -0.4 is 4.90 Å². The van der Waals surface area contributed by atoms with Crippen LogP contribution in [0.4, 0.5) is 5.82 Å². The summed E-state index contributed by atoms with van der Waals surface area (Å²) in [5.74, 6) is 0.823. The third-order valence-corrected chi connectivity index (χ3v) is 7.20. The molecule has 7 heteroatoms. The van der Waals surface area contributed by atoms with Crippen LogP contribution in [0.2, 0.25) is 0 Å². The Hall–Kier alpha value is -1.73. The lowest BCUT2D eigenvalue weighted by molar-refractivity contribution is 0.389. The smallest absolute Gasteiger partial charge is 0.217 e. The van der Waals surface area contributed by atoms with E-state index >= 15 is 0 Å². The number of likely N-dealkylation sites (N-methyl/N-ethyl adjacent to an activating group) is 1. The molecule has 1 unspecified atom stereocenters. The van der Waals surface area contributed by atoms with Crippen LogP contribution in [0.5, 0.6) is 0 Å². The third kappa shape index (κ3) is 2.68. The van der Waals surface area contributed by atoms with Gasteiger partial charge in [0.1, 0.15) is 5.82 Å². The van der Waals surface area contributed by atoms with Gasteiger partial charge in [-0.05, 0) is 31.4 Å². The number of hydrogen-bond acceptors (Lipinski definition) is 5. The first-order chi connectivity index (χ1) is 11.1. The van der Waals surface area contributed by atoms with Gasteiger partial charge >= 0.3 is 0 Å². The van der Waals surface area contributed by atoms with Crippen LogP contribution in [0.3, 0.4) is 0 Å². The predicted octanol–water partition coefficient (Wildman–Crippen LogP) is 1.63. The van der Waals surface area contributed by atoms with Crippen LogP contribution >= 0.6 is 0 Å². The second kappa shape index (κ2) is 5.42. The van der Waals surface area contributed by atoms with Crippen LogP contribution in [0.25, 0.3) is 11.0 Å². The number of anilines is 1. The van der Waals surface area contributed by atoms with Crippen LogP contribution in [-0.2, 0) is 10.0 Å². The largest absolute Gasteiger partial charge is 0.354 e. The molecule has 1 atom stereocenters. The summed E-state index contributed by atoms with van der Waals surface area (Å²) in [4.78, 5) is 11.2. The number of nitrogens with zero attached hydrogens (tertiary/aromatic N) is 4. The molecule has 122 valence electrons. The molecule has 0 radical (unpaired) electrons. The Morgan fingerprint density at radius 1 is 1.17 bits per heavy atom. The van der Waals surface area contributed by atoms with Crippen molar-refractivity contribution >= 4 is 26.9 Å². The lowest BCUT2D eigenvalue weighted by Gasteiger charge is -2.24. The molecular formula is C16H20N4O2S. The zero-order valence-corrected chi connectivity index (χ0v) is 13.9. The summed E-state index contributed by atoms with van der Waals surface area (Å²) in [6, 6.07) is 7.80.